The molecule has 0 radical (unpaired) electrons. The van der Waals surface area contributed by atoms with Crippen LogP contribution >= 0.6 is 11.3 Å². The first-order chi connectivity index (χ1) is 9.94. The molecule has 0 amide bonds. The fraction of sp³-hybridized carbons (Fsp3) is 0.579. The molecule has 2 aliphatic carbocycles. The smallest absolute Gasteiger partial charge is 0.0741 e. The number of benzene rings is 1. The molecule has 1 aromatic heterocycles. The lowest BCUT2D eigenvalue weighted by atomic mass is 9.58. The van der Waals surface area contributed by atoms with E-state index in [-0.39, 0.29) is 5.41 Å². The Morgan fingerprint density at radius 2 is 2.14 bits per heavy atom. The number of rotatable bonds is 1. The van der Waals surface area contributed by atoms with Crippen molar-refractivity contribution >= 4 is 21.4 Å². The molecule has 4 unspecified atom stereocenters. The maximum atomic E-state index is 11.3. The van der Waals surface area contributed by atoms with E-state index in [0.717, 1.165) is 12.3 Å². The Bertz CT molecular complexity index is 699. The van der Waals surface area contributed by atoms with Gasteiger partial charge in [0.1, 0.15) is 0 Å². The molecule has 1 aromatic carbocycles. The van der Waals surface area contributed by atoms with Gasteiger partial charge in [0.25, 0.3) is 0 Å². The van der Waals surface area contributed by atoms with E-state index in [1.165, 1.54) is 40.5 Å². The van der Waals surface area contributed by atoms with Crippen LogP contribution in [0.4, 0.5) is 0 Å². The molecule has 2 aliphatic rings. The van der Waals surface area contributed by atoms with Crippen molar-refractivity contribution in [2.24, 2.45) is 11.8 Å². The van der Waals surface area contributed by atoms with Crippen LogP contribution in [-0.4, -0.2) is 10.7 Å². The van der Waals surface area contributed by atoms with Gasteiger partial charge in [-0.15, -0.1) is 11.3 Å². The van der Waals surface area contributed by atoms with Crippen molar-refractivity contribution in [1.29, 1.82) is 0 Å². The zero-order chi connectivity index (χ0) is 14.8. The van der Waals surface area contributed by atoms with Gasteiger partial charge < -0.3 is 5.11 Å². The predicted molar refractivity (Wildman–Crippen MR) is 90.0 cm³/mol. The van der Waals surface area contributed by atoms with Crippen molar-refractivity contribution in [2.75, 3.05) is 0 Å². The molecule has 0 saturated heterocycles. The summed E-state index contributed by atoms with van der Waals surface area (Å²) in [5, 5.41) is 14.9. The third kappa shape index (κ3) is 1.72. The average molecular weight is 300 g/mol. The van der Waals surface area contributed by atoms with Crippen LogP contribution in [-0.2, 0) is 5.41 Å². The first-order valence-electron chi connectivity index (χ1n) is 8.15. The lowest BCUT2D eigenvalue weighted by Gasteiger charge is -2.50. The highest BCUT2D eigenvalue weighted by molar-refractivity contribution is 7.17. The molecular formula is C19H24OS. The molecule has 1 heterocycles. The molecule has 2 heteroatoms. The minimum Gasteiger partial charge on any atom is -0.389 e. The fourth-order valence-electron chi connectivity index (χ4n) is 5.02. The molecule has 0 spiro atoms. The van der Waals surface area contributed by atoms with Gasteiger partial charge in [-0.25, -0.2) is 0 Å². The molecule has 4 atom stereocenters. The number of fused-ring (bicyclic) bond motifs is 3. The molecule has 1 N–H and O–H groups in total. The maximum Gasteiger partial charge on any atom is 0.0741 e. The second-order valence-corrected chi connectivity index (χ2v) is 8.52. The van der Waals surface area contributed by atoms with Gasteiger partial charge in [-0.05, 0) is 85.4 Å². The molecule has 1 nitrogen and oxygen atoms in total. The number of aliphatic hydroxyl groups is 1. The second-order valence-electron chi connectivity index (χ2n) is 7.60. The zero-order valence-electron chi connectivity index (χ0n) is 13.1. The minimum atomic E-state index is -0.586. The van der Waals surface area contributed by atoms with E-state index >= 15 is 0 Å². The Kier molecular flexibility index (Phi) is 2.84. The van der Waals surface area contributed by atoms with E-state index in [0.29, 0.717) is 5.92 Å². The maximum absolute atomic E-state index is 11.3. The normalized spacial score (nSPS) is 39.0. The molecule has 21 heavy (non-hydrogen) atoms. The molecule has 4 rings (SSSR count). The number of aryl methyl sites for hydroxylation is 1. The van der Waals surface area contributed by atoms with Crippen LogP contribution < -0.4 is 0 Å². The van der Waals surface area contributed by atoms with Crippen LogP contribution in [0, 0.1) is 18.8 Å². The molecule has 112 valence electrons. The summed E-state index contributed by atoms with van der Waals surface area (Å²) in [6.45, 7) is 6.52. The Morgan fingerprint density at radius 3 is 2.95 bits per heavy atom. The van der Waals surface area contributed by atoms with Gasteiger partial charge in [-0.1, -0.05) is 13.0 Å². The Morgan fingerprint density at radius 1 is 1.33 bits per heavy atom. The summed E-state index contributed by atoms with van der Waals surface area (Å²) in [6.07, 6.45) is 4.78. The van der Waals surface area contributed by atoms with Gasteiger partial charge in [0.2, 0.25) is 0 Å². The molecule has 0 aliphatic heterocycles. The van der Waals surface area contributed by atoms with E-state index in [1.807, 2.05) is 11.3 Å². The van der Waals surface area contributed by atoms with E-state index < -0.39 is 5.60 Å². The van der Waals surface area contributed by atoms with Crippen LogP contribution in [0.1, 0.15) is 50.7 Å². The topological polar surface area (TPSA) is 20.2 Å². The lowest BCUT2D eigenvalue weighted by Crippen LogP contribution is -2.54. The number of hydrogen-bond donors (Lipinski definition) is 1. The summed E-state index contributed by atoms with van der Waals surface area (Å²) in [6, 6.07) is 6.92. The van der Waals surface area contributed by atoms with Crippen LogP contribution in [0.3, 0.4) is 0 Å². The third-order valence-corrected chi connectivity index (χ3v) is 7.63. The molecular weight excluding hydrogens is 276 g/mol. The summed E-state index contributed by atoms with van der Waals surface area (Å²) in [4.78, 5) is 0. The Hall–Kier alpha value is -0.860. The number of hydrogen-bond acceptors (Lipinski definition) is 2. The van der Waals surface area contributed by atoms with Crippen LogP contribution in [0.2, 0.25) is 0 Å². The van der Waals surface area contributed by atoms with E-state index in [4.69, 9.17) is 0 Å². The standard InChI is InChI=1S/C19H24OS/c1-12-11-21-17-5-4-15(9-16(12)17)19-7-6-14(10-19)8-13(2)18(19,3)20/h4-5,9,11,13-14,20H,6-8,10H2,1-3H3. The average Bonchev–Trinajstić information content (AvgIpc) is 3.01. The van der Waals surface area contributed by atoms with E-state index in [1.54, 1.807) is 0 Å². The quantitative estimate of drug-likeness (QED) is 0.782. The molecule has 2 fully saturated rings. The van der Waals surface area contributed by atoms with Crippen LogP contribution in [0.5, 0.6) is 0 Å². The largest absolute Gasteiger partial charge is 0.389 e. The van der Waals surface area contributed by atoms with Crippen molar-refractivity contribution < 1.29 is 5.11 Å². The van der Waals surface area contributed by atoms with Crippen molar-refractivity contribution in [3.05, 3.63) is 34.7 Å². The second kappa shape index (κ2) is 4.33. The number of thiophene rings is 1. The van der Waals surface area contributed by atoms with E-state index in [9.17, 15) is 5.11 Å². The summed E-state index contributed by atoms with van der Waals surface area (Å²) in [5.41, 5.74) is 2.12. The summed E-state index contributed by atoms with van der Waals surface area (Å²) in [5.74, 6) is 1.19. The molecule has 2 bridgehead atoms. The van der Waals surface area contributed by atoms with E-state index in [2.05, 4.69) is 44.4 Å². The first-order valence-corrected chi connectivity index (χ1v) is 9.03. The highest BCUT2D eigenvalue weighted by Crippen LogP contribution is 2.59. The van der Waals surface area contributed by atoms with Crippen molar-refractivity contribution in [3.8, 4) is 0 Å². The zero-order valence-corrected chi connectivity index (χ0v) is 14.0. The van der Waals surface area contributed by atoms with Crippen molar-refractivity contribution in [3.63, 3.8) is 0 Å². The minimum absolute atomic E-state index is 0.0299. The monoisotopic (exact) mass is 300 g/mol. The predicted octanol–water partition coefficient (Wildman–Crippen LogP) is 5.04. The van der Waals surface area contributed by atoms with Crippen molar-refractivity contribution in [2.45, 2.75) is 57.5 Å². The molecule has 2 saturated carbocycles. The Labute approximate surface area is 131 Å². The highest BCUT2D eigenvalue weighted by atomic mass is 32.1. The summed E-state index contributed by atoms with van der Waals surface area (Å²) < 4.78 is 1.37. The molecule has 2 aromatic rings. The van der Waals surface area contributed by atoms with Gasteiger partial charge in [0, 0.05) is 10.1 Å². The third-order valence-electron chi connectivity index (χ3n) is 6.55. The van der Waals surface area contributed by atoms with Gasteiger partial charge >= 0.3 is 0 Å². The SMILES string of the molecule is Cc1csc2ccc(C34CCC(CC(C)C3(C)O)C4)cc12. The summed E-state index contributed by atoms with van der Waals surface area (Å²) in [7, 11) is 0. The van der Waals surface area contributed by atoms with Crippen LogP contribution in [0.25, 0.3) is 10.1 Å². The van der Waals surface area contributed by atoms with Crippen LogP contribution in [0.15, 0.2) is 23.6 Å². The van der Waals surface area contributed by atoms with Gasteiger partial charge in [0.15, 0.2) is 0 Å². The fourth-order valence-corrected chi connectivity index (χ4v) is 5.94. The van der Waals surface area contributed by atoms with Gasteiger partial charge in [-0.3, -0.25) is 0 Å². The van der Waals surface area contributed by atoms with Gasteiger partial charge in [-0.2, -0.15) is 0 Å². The summed E-state index contributed by atoms with van der Waals surface area (Å²) >= 11 is 1.82. The van der Waals surface area contributed by atoms with Gasteiger partial charge in [0.05, 0.1) is 5.60 Å². The first kappa shape index (κ1) is 13.8. The lowest BCUT2D eigenvalue weighted by molar-refractivity contribution is -0.0886. The van der Waals surface area contributed by atoms with Crippen molar-refractivity contribution in [1.82, 2.24) is 0 Å². The Balaban J connectivity index is 1.91. The highest BCUT2D eigenvalue weighted by Gasteiger charge is 2.58.